The third-order valence-corrected chi connectivity index (χ3v) is 3.46. The molecule has 1 aromatic carbocycles. The van der Waals surface area contributed by atoms with Crippen LogP contribution in [0.15, 0.2) is 28.8 Å². The summed E-state index contributed by atoms with van der Waals surface area (Å²) in [7, 11) is 0. The Hall–Kier alpha value is -2.28. The van der Waals surface area contributed by atoms with Gasteiger partial charge in [-0.3, -0.25) is 4.79 Å². The van der Waals surface area contributed by atoms with Gasteiger partial charge >= 0.3 is 0 Å². The summed E-state index contributed by atoms with van der Waals surface area (Å²) < 4.78 is 18.6. The summed E-state index contributed by atoms with van der Waals surface area (Å²) >= 11 is 0. The van der Waals surface area contributed by atoms with E-state index >= 15 is 0 Å². The van der Waals surface area contributed by atoms with E-state index < -0.39 is 11.9 Å². The molecule has 0 aliphatic carbocycles. The number of nitrogens with one attached hydrogen (secondary N) is 1. The Balaban J connectivity index is 1.79. The lowest BCUT2D eigenvalue weighted by molar-refractivity contribution is -0.121. The number of nitrogens with zero attached hydrogens (tertiary/aromatic N) is 2. The van der Waals surface area contributed by atoms with E-state index in [1.807, 2.05) is 20.8 Å². The fourth-order valence-corrected chi connectivity index (χ4v) is 2.04. The summed E-state index contributed by atoms with van der Waals surface area (Å²) in [5.74, 6) is 0.207. The zero-order chi connectivity index (χ0) is 17.7. The van der Waals surface area contributed by atoms with Crippen LogP contribution in [0.4, 0.5) is 4.39 Å². The van der Waals surface area contributed by atoms with E-state index in [2.05, 4.69) is 15.5 Å². The summed E-state index contributed by atoms with van der Waals surface area (Å²) in [6, 6.07) is 5.92. The molecule has 1 amide bonds. The smallest absolute Gasteiger partial charge is 0.227 e. The van der Waals surface area contributed by atoms with Gasteiger partial charge in [0.1, 0.15) is 5.82 Å². The average molecular weight is 335 g/mol. The van der Waals surface area contributed by atoms with E-state index in [-0.39, 0.29) is 29.9 Å². The summed E-state index contributed by atoms with van der Waals surface area (Å²) in [6.45, 7) is 5.85. The molecule has 24 heavy (non-hydrogen) atoms. The molecule has 0 fully saturated rings. The molecule has 0 spiro atoms. The van der Waals surface area contributed by atoms with Crippen molar-refractivity contribution in [2.45, 2.75) is 45.1 Å². The van der Waals surface area contributed by atoms with Gasteiger partial charge in [-0.05, 0) is 6.07 Å². The van der Waals surface area contributed by atoms with Gasteiger partial charge in [0.15, 0.2) is 5.82 Å². The number of aromatic nitrogens is 2. The van der Waals surface area contributed by atoms with Crippen molar-refractivity contribution in [2.24, 2.45) is 0 Å². The van der Waals surface area contributed by atoms with E-state index in [9.17, 15) is 14.3 Å². The second kappa shape index (κ2) is 7.53. The minimum atomic E-state index is -1.09. The second-order valence-electron chi connectivity index (χ2n) is 6.60. The Kier molecular flexibility index (Phi) is 5.66. The molecule has 2 N–H and O–H groups in total. The van der Waals surface area contributed by atoms with Gasteiger partial charge in [0.05, 0.1) is 6.10 Å². The van der Waals surface area contributed by atoms with Gasteiger partial charge in [0.25, 0.3) is 0 Å². The Morgan fingerprint density at radius 2 is 2.08 bits per heavy atom. The summed E-state index contributed by atoms with van der Waals surface area (Å²) in [5.41, 5.74) is -0.0574. The van der Waals surface area contributed by atoms with Crippen LogP contribution >= 0.6 is 0 Å². The van der Waals surface area contributed by atoms with E-state index in [1.54, 1.807) is 12.1 Å². The van der Waals surface area contributed by atoms with Crippen molar-refractivity contribution in [1.82, 2.24) is 15.5 Å². The number of carbonyl (C=O) groups excluding carboxylic acids is 1. The van der Waals surface area contributed by atoms with Crippen molar-refractivity contribution in [2.75, 3.05) is 6.54 Å². The number of hydrogen-bond acceptors (Lipinski definition) is 5. The van der Waals surface area contributed by atoms with Crippen LogP contribution < -0.4 is 5.32 Å². The second-order valence-corrected chi connectivity index (χ2v) is 6.60. The summed E-state index contributed by atoms with van der Waals surface area (Å²) in [5, 5.41) is 16.4. The Morgan fingerprint density at radius 1 is 1.38 bits per heavy atom. The minimum Gasteiger partial charge on any atom is -0.386 e. The third-order valence-electron chi connectivity index (χ3n) is 3.46. The van der Waals surface area contributed by atoms with Gasteiger partial charge in [-0.2, -0.15) is 4.98 Å². The fraction of sp³-hybridized carbons (Fsp3) is 0.471. The topological polar surface area (TPSA) is 88.2 Å². The quantitative estimate of drug-likeness (QED) is 0.845. The highest BCUT2D eigenvalue weighted by atomic mass is 19.1. The van der Waals surface area contributed by atoms with Gasteiger partial charge < -0.3 is 14.9 Å². The monoisotopic (exact) mass is 335 g/mol. The van der Waals surface area contributed by atoms with Gasteiger partial charge in [-0.25, -0.2) is 4.39 Å². The highest BCUT2D eigenvalue weighted by Crippen LogP contribution is 2.19. The van der Waals surface area contributed by atoms with Crippen LogP contribution in [0.25, 0.3) is 0 Å². The van der Waals surface area contributed by atoms with E-state index in [0.29, 0.717) is 18.1 Å². The average Bonchev–Trinajstić information content (AvgIpc) is 3.00. The Bertz CT molecular complexity index is 694. The third kappa shape index (κ3) is 4.86. The van der Waals surface area contributed by atoms with E-state index in [4.69, 9.17) is 4.52 Å². The number of aryl methyl sites for hydroxylation is 1. The number of carbonyl (C=O) groups is 1. The number of halogens is 1. The first kappa shape index (κ1) is 18.1. The molecule has 0 aliphatic heterocycles. The Morgan fingerprint density at radius 3 is 2.71 bits per heavy atom. The lowest BCUT2D eigenvalue weighted by Gasteiger charge is -2.12. The molecule has 0 saturated carbocycles. The summed E-state index contributed by atoms with van der Waals surface area (Å²) in [6.07, 6.45) is -0.633. The lowest BCUT2D eigenvalue weighted by atomic mass is 9.96. The molecule has 2 rings (SSSR count). The molecule has 6 nitrogen and oxygen atoms in total. The van der Waals surface area contributed by atoms with Crippen LogP contribution in [0.2, 0.25) is 0 Å². The molecular weight excluding hydrogens is 313 g/mol. The molecular formula is C17H22FN3O3. The maximum absolute atomic E-state index is 13.5. The number of hydrogen-bond donors (Lipinski definition) is 2. The molecule has 1 aromatic heterocycles. The lowest BCUT2D eigenvalue weighted by Crippen LogP contribution is -2.28. The predicted octanol–water partition coefficient (Wildman–Crippen LogP) is 2.29. The number of benzene rings is 1. The maximum atomic E-state index is 13.5. The van der Waals surface area contributed by atoms with Gasteiger partial charge in [-0.15, -0.1) is 0 Å². The standard InChI is InChI=1S/C17H22FN3O3/c1-17(2,3)16-20-15(24-21-16)9-8-14(23)19-10-13(22)11-6-4-5-7-12(11)18/h4-7,13,22H,8-10H2,1-3H3,(H,19,23). The molecule has 0 bridgehead atoms. The highest BCUT2D eigenvalue weighted by molar-refractivity contribution is 5.76. The minimum absolute atomic E-state index is 0.0587. The number of amides is 1. The van der Waals surface area contributed by atoms with Gasteiger partial charge in [0, 0.05) is 30.4 Å². The van der Waals surface area contributed by atoms with Gasteiger partial charge in [-0.1, -0.05) is 44.1 Å². The van der Waals surface area contributed by atoms with Crippen molar-refractivity contribution >= 4 is 5.91 Å². The van der Waals surface area contributed by atoms with Crippen molar-refractivity contribution in [3.8, 4) is 0 Å². The molecule has 1 unspecified atom stereocenters. The zero-order valence-corrected chi connectivity index (χ0v) is 14.0. The van der Waals surface area contributed by atoms with Crippen molar-refractivity contribution in [3.63, 3.8) is 0 Å². The first-order valence-electron chi connectivity index (χ1n) is 7.79. The molecule has 130 valence electrons. The Labute approximate surface area is 140 Å². The van der Waals surface area contributed by atoms with E-state index in [0.717, 1.165) is 0 Å². The first-order chi connectivity index (χ1) is 11.3. The fourth-order valence-electron chi connectivity index (χ4n) is 2.04. The molecule has 7 heteroatoms. The predicted molar refractivity (Wildman–Crippen MR) is 85.7 cm³/mol. The van der Waals surface area contributed by atoms with Crippen LogP contribution in [0.1, 0.15) is 50.6 Å². The first-order valence-corrected chi connectivity index (χ1v) is 7.79. The highest BCUT2D eigenvalue weighted by Gasteiger charge is 2.21. The van der Waals surface area contributed by atoms with Crippen LogP contribution in [0, 0.1) is 5.82 Å². The van der Waals surface area contributed by atoms with Crippen LogP contribution in [0.3, 0.4) is 0 Å². The number of aliphatic hydroxyl groups excluding tert-OH is 1. The van der Waals surface area contributed by atoms with Crippen LogP contribution in [-0.4, -0.2) is 27.7 Å². The van der Waals surface area contributed by atoms with Gasteiger partial charge in [0.2, 0.25) is 11.8 Å². The van der Waals surface area contributed by atoms with Crippen molar-refractivity contribution < 1.29 is 18.8 Å². The molecule has 0 aliphatic rings. The van der Waals surface area contributed by atoms with Crippen LogP contribution in [0.5, 0.6) is 0 Å². The summed E-state index contributed by atoms with van der Waals surface area (Å²) in [4.78, 5) is 16.1. The van der Waals surface area contributed by atoms with Crippen LogP contribution in [-0.2, 0) is 16.6 Å². The normalized spacial score (nSPS) is 12.9. The molecule has 0 saturated heterocycles. The SMILES string of the molecule is CC(C)(C)c1noc(CCC(=O)NCC(O)c2ccccc2F)n1. The largest absolute Gasteiger partial charge is 0.386 e. The van der Waals surface area contributed by atoms with Crippen molar-refractivity contribution in [1.29, 1.82) is 0 Å². The zero-order valence-electron chi connectivity index (χ0n) is 14.0. The molecule has 1 atom stereocenters. The molecule has 0 radical (unpaired) electrons. The van der Waals surface area contributed by atoms with Crippen molar-refractivity contribution in [3.05, 3.63) is 47.4 Å². The molecule has 1 heterocycles. The molecule has 2 aromatic rings. The maximum Gasteiger partial charge on any atom is 0.227 e. The van der Waals surface area contributed by atoms with E-state index in [1.165, 1.54) is 12.1 Å². The number of aliphatic hydroxyl groups is 1. The number of rotatable bonds is 6.